The van der Waals surface area contributed by atoms with E-state index < -0.39 is 0 Å². The molecule has 24 heavy (non-hydrogen) atoms. The lowest BCUT2D eigenvalue weighted by molar-refractivity contribution is -0.117. The molecule has 0 rings (SSSR count). The van der Waals surface area contributed by atoms with Crippen LogP contribution in [0.4, 0.5) is 0 Å². The van der Waals surface area contributed by atoms with E-state index in [-0.39, 0.29) is 5.91 Å². The average molecular weight is 339 g/mol. The van der Waals surface area contributed by atoms with Gasteiger partial charge in [0.05, 0.1) is 0 Å². The van der Waals surface area contributed by atoms with Gasteiger partial charge in [0, 0.05) is 13.0 Å². The molecule has 3 heteroatoms. The lowest BCUT2D eigenvalue weighted by Gasteiger charge is -2.03. The highest BCUT2D eigenvalue weighted by Crippen LogP contribution is 2.09. The summed E-state index contributed by atoms with van der Waals surface area (Å²) in [5.41, 5.74) is 5.09. The van der Waals surface area contributed by atoms with Gasteiger partial charge < -0.3 is 11.1 Å². The van der Waals surface area contributed by atoms with Crippen LogP contribution in [0.2, 0.25) is 0 Å². The maximum atomic E-state index is 10.6. The maximum absolute atomic E-state index is 10.6. The summed E-state index contributed by atoms with van der Waals surface area (Å²) in [6.45, 7) is 4.00. The first-order valence-electron chi connectivity index (χ1n) is 10.4. The predicted molar refractivity (Wildman–Crippen MR) is 106 cm³/mol. The van der Waals surface area contributed by atoms with Crippen LogP contribution >= 0.6 is 0 Å². The van der Waals surface area contributed by atoms with E-state index in [0.29, 0.717) is 6.42 Å². The number of primary amides is 1. The lowest BCUT2D eigenvalue weighted by atomic mass is 10.1. The van der Waals surface area contributed by atoms with E-state index in [4.69, 9.17) is 5.73 Å². The molecule has 0 unspecified atom stereocenters. The number of hydrogen-bond donors (Lipinski definition) is 2. The summed E-state index contributed by atoms with van der Waals surface area (Å²) in [6, 6.07) is 0. The SMILES string of the molecule is CCCCCCCC/C=C\CCCCCCCCNCCC(N)=O. The topological polar surface area (TPSA) is 55.1 Å². The summed E-state index contributed by atoms with van der Waals surface area (Å²) in [7, 11) is 0. The normalized spacial score (nSPS) is 11.4. The summed E-state index contributed by atoms with van der Waals surface area (Å²) in [5, 5.41) is 3.26. The van der Waals surface area contributed by atoms with Crippen LogP contribution < -0.4 is 11.1 Å². The first-order valence-corrected chi connectivity index (χ1v) is 10.4. The molecule has 0 radical (unpaired) electrons. The molecule has 3 nitrogen and oxygen atoms in total. The van der Waals surface area contributed by atoms with Crippen molar-refractivity contribution in [1.29, 1.82) is 0 Å². The zero-order chi connectivity index (χ0) is 17.7. The van der Waals surface area contributed by atoms with Gasteiger partial charge in [-0.2, -0.15) is 0 Å². The van der Waals surface area contributed by atoms with Crippen LogP contribution in [-0.4, -0.2) is 19.0 Å². The fourth-order valence-electron chi connectivity index (χ4n) is 2.83. The number of nitrogens with one attached hydrogen (secondary N) is 1. The molecule has 0 aromatic carbocycles. The molecule has 0 heterocycles. The Morgan fingerprint density at radius 2 is 1.25 bits per heavy atom. The number of amides is 1. The summed E-state index contributed by atoms with van der Waals surface area (Å²) < 4.78 is 0. The largest absolute Gasteiger partial charge is 0.370 e. The molecule has 0 aliphatic carbocycles. The van der Waals surface area contributed by atoms with Crippen molar-refractivity contribution < 1.29 is 4.79 Å². The Balaban J connectivity index is 3.06. The number of nitrogens with two attached hydrogens (primary N) is 1. The second kappa shape index (κ2) is 20.2. The third-order valence-electron chi connectivity index (χ3n) is 4.41. The highest BCUT2D eigenvalue weighted by atomic mass is 16.1. The average Bonchev–Trinajstić information content (AvgIpc) is 2.56. The lowest BCUT2D eigenvalue weighted by Crippen LogP contribution is -2.22. The highest BCUT2D eigenvalue weighted by molar-refractivity contribution is 5.73. The van der Waals surface area contributed by atoms with E-state index in [2.05, 4.69) is 24.4 Å². The molecule has 0 aliphatic heterocycles. The minimum absolute atomic E-state index is 0.219. The Kier molecular flexibility index (Phi) is 19.5. The monoisotopic (exact) mass is 338 g/mol. The Labute approximate surface area is 150 Å². The molecular weight excluding hydrogens is 296 g/mol. The van der Waals surface area contributed by atoms with E-state index in [0.717, 1.165) is 13.1 Å². The Morgan fingerprint density at radius 1 is 0.750 bits per heavy atom. The van der Waals surface area contributed by atoms with Crippen LogP contribution in [0.1, 0.15) is 103 Å². The first kappa shape index (κ1) is 23.2. The number of unbranched alkanes of at least 4 members (excludes halogenated alkanes) is 12. The van der Waals surface area contributed by atoms with Crippen LogP contribution in [-0.2, 0) is 4.79 Å². The van der Waals surface area contributed by atoms with E-state index in [1.807, 2.05) is 0 Å². The van der Waals surface area contributed by atoms with Crippen LogP contribution in [0, 0.1) is 0 Å². The van der Waals surface area contributed by atoms with Crippen molar-refractivity contribution in [3.05, 3.63) is 12.2 Å². The quantitative estimate of drug-likeness (QED) is 0.242. The minimum Gasteiger partial charge on any atom is -0.370 e. The van der Waals surface area contributed by atoms with Gasteiger partial charge >= 0.3 is 0 Å². The number of allylic oxidation sites excluding steroid dienone is 2. The molecule has 142 valence electrons. The van der Waals surface area contributed by atoms with Gasteiger partial charge in [-0.05, 0) is 38.6 Å². The standard InChI is InChI=1S/C21H42N2O/c1-2-3-4-5-6-7-8-9-10-11-12-13-14-15-16-17-19-23-20-18-21(22)24/h9-10,23H,2-8,11-20H2,1H3,(H2,22,24)/b10-9-. The third-order valence-corrected chi connectivity index (χ3v) is 4.41. The molecule has 0 aliphatic rings. The fraction of sp³-hybridized carbons (Fsp3) is 0.857. The van der Waals surface area contributed by atoms with Crippen molar-refractivity contribution in [3.63, 3.8) is 0 Å². The van der Waals surface area contributed by atoms with Crippen LogP contribution in [0.5, 0.6) is 0 Å². The molecule has 0 fully saturated rings. The number of carbonyl (C=O) groups excluding carboxylic acids is 1. The maximum Gasteiger partial charge on any atom is 0.218 e. The second-order valence-electron chi connectivity index (χ2n) is 6.90. The van der Waals surface area contributed by atoms with Crippen LogP contribution in [0.3, 0.4) is 0 Å². The van der Waals surface area contributed by atoms with Crippen molar-refractivity contribution in [3.8, 4) is 0 Å². The zero-order valence-electron chi connectivity index (χ0n) is 16.2. The number of carbonyl (C=O) groups is 1. The molecule has 0 aromatic heterocycles. The van der Waals surface area contributed by atoms with Gasteiger partial charge in [-0.15, -0.1) is 0 Å². The van der Waals surface area contributed by atoms with Crippen molar-refractivity contribution in [2.24, 2.45) is 5.73 Å². The van der Waals surface area contributed by atoms with E-state index in [1.54, 1.807) is 0 Å². The minimum atomic E-state index is -0.219. The van der Waals surface area contributed by atoms with Gasteiger partial charge in [0.2, 0.25) is 5.91 Å². The molecule has 0 saturated carbocycles. The third kappa shape index (κ3) is 21.2. The molecular formula is C21H42N2O. The van der Waals surface area contributed by atoms with Crippen molar-refractivity contribution in [1.82, 2.24) is 5.32 Å². The Morgan fingerprint density at radius 3 is 1.79 bits per heavy atom. The Hall–Kier alpha value is -0.830. The van der Waals surface area contributed by atoms with Gasteiger partial charge in [-0.25, -0.2) is 0 Å². The van der Waals surface area contributed by atoms with Crippen LogP contribution in [0.25, 0.3) is 0 Å². The van der Waals surface area contributed by atoms with E-state index in [1.165, 1.54) is 89.9 Å². The van der Waals surface area contributed by atoms with Crippen LogP contribution in [0.15, 0.2) is 12.2 Å². The van der Waals surface area contributed by atoms with Gasteiger partial charge in [-0.3, -0.25) is 4.79 Å². The molecule has 1 amide bonds. The second-order valence-corrected chi connectivity index (χ2v) is 6.90. The van der Waals surface area contributed by atoms with E-state index >= 15 is 0 Å². The van der Waals surface area contributed by atoms with Crippen molar-refractivity contribution in [2.45, 2.75) is 103 Å². The number of rotatable bonds is 19. The molecule has 3 N–H and O–H groups in total. The summed E-state index contributed by atoms with van der Waals surface area (Å²) in [6.07, 6.45) is 24.0. The molecule has 0 saturated heterocycles. The Bertz CT molecular complexity index is 290. The van der Waals surface area contributed by atoms with E-state index in [9.17, 15) is 4.79 Å². The van der Waals surface area contributed by atoms with Gasteiger partial charge in [-0.1, -0.05) is 76.9 Å². The first-order chi connectivity index (χ1) is 11.8. The molecule has 0 aromatic rings. The number of hydrogen-bond acceptors (Lipinski definition) is 2. The highest BCUT2D eigenvalue weighted by Gasteiger charge is 1.94. The molecule has 0 atom stereocenters. The van der Waals surface area contributed by atoms with Crippen molar-refractivity contribution >= 4 is 5.91 Å². The summed E-state index contributed by atoms with van der Waals surface area (Å²) in [4.78, 5) is 10.6. The van der Waals surface area contributed by atoms with Gasteiger partial charge in [0.1, 0.15) is 0 Å². The predicted octanol–water partition coefficient (Wildman–Crippen LogP) is 5.49. The summed E-state index contributed by atoms with van der Waals surface area (Å²) >= 11 is 0. The summed E-state index contributed by atoms with van der Waals surface area (Å²) in [5.74, 6) is -0.219. The van der Waals surface area contributed by atoms with Gasteiger partial charge in [0.15, 0.2) is 0 Å². The smallest absolute Gasteiger partial charge is 0.218 e. The molecule has 0 bridgehead atoms. The van der Waals surface area contributed by atoms with Gasteiger partial charge in [0.25, 0.3) is 0 Å². The fourth-order valence-corrected chi connectivity index (χ4v) is 2.83. The molecule has 0 spiro atoms. The van der Waals surface area contributed by atoms with Crippen molar-refractivity contribution in [2.75, 3.05) is 13.1 Å². The zero-order valence-corrected chi connectivity index (χ0v) is 16.2.